The Kier molecular flexibility index (Phi) is 13.1. The topological polar surface area (TPSA) is 186 Å². The average molecular weight is 712 g/mol. The van der Waals surface area contributed by atoms with E-state index in [4.69, 9.17) is 15.2 Å². The Morgan fingerprint density at radius 2 is 1.59 bits per heavy atom. The van der Waals surface area contributed by atoms with Crippen molar-refractivity contribution in [3.05, 3.63) is 29.8 Å². The minimum Gasteiger partial charge on any atom is -0.497 e. The minimum absolute atomic E-state index is 0.0231. The van der Waals surface area contributed by atoms with Crippen molar-refractivity contribution in [3.63, 3.8) is 0 Å². The van der Waals surface area contributed by atoms with E-state index in [0.29, 0.717) is 31.4 Å². The van der Waals surface area contributed by atoms with E-state index in [0.717, 1.165) is 44.1 Å². The summed E-state index contributed by atoms with van der Waals surface area (Å²) in [4.78, 5) is 82.0. The van der Waals surface area contributed by atoms with Crippen LogP contribution in [0.1, 0.15) is 104 Å². The molecule has 0 bridgehead atoms. The number of nitrogens with zero attached hydrogens (tertiary/aromatic N) is 1. The van der Waals surface area contributed by atoms with Gasteiger partial charge in [0.25, 0.3) is 5.91 Å². The molecule has 13 heteroatoms. The molecule has 4 rings (SSSR count). The molecular formula is C38H57N5O8. The number of hydrogen-bond acceptors (Lipinski definition) is 8. The highest BCUT2D eigenvalue weighted by Crippen LogP contribution is 2.35. The zero-order chi connectivity index (χ0) is 37.5. The quantitative estimate of drug-likeness (QED) is 0.166. The molecular weight excluding hydrogens is 654 g/mol. The first-order valence-electron chi connectivity index (χ1n) is 18.4. The van der Waals surface area contributed by atoms with E-state index in [2.05, 4.69) is 16.0 Å². The molecule has 13 nitrogen and oxygen atoms in total. The van der Waals surface area contributed by atoms with E-state index < -0.39 is 64.6 Å². The second-order valence-electron chi connectivity index (χ2n) is 16.0. The third kappa shape index (κ3) is 9.79. The minimum atomic E-state index is -1.26. The van der Waals surface area contributed by atoms with E-state index in [1.54, 1.807) is 31.4 Å². The van der Waals surface area contributed by atoms with Gasteiger partial charge in [-0.05, 0) is 66.5 Å². The first-order valence-corrected chi connectivity index (χ1v) is 18.4. The van der Waals surface area contributed by atoms with Crippen molar-refractivity contribution in [2.24, 2.45) is 28.9 Å². The number of carbonyl (C=O) groups is 6. The first-order chi connectivity index (χ1) is 24.1. The van der Waals surface area contributed by atoms with Gasteiger partial charge in [-0.1, -0.05) is 85.3 Å². The maximum Gasteiger partial charge on any atom is 0.332 e. The molecule has 4 atom stereocenters. The molecule has 1 unspecified atom stereocenters. The number of urea groups is 1. The van der Waals surface area contributed by atoms with Crippen molar-refractivity contribution < 1.29 is 38.2 Å². The van der Waals surface area contributed by atoms with E-state index in [-0.39, 0.29) is 30.9 Å². The molecule has 5 N–H and O–H groups in total. The third-order valence-corrected chi connectivity index (χ3v) is 10.9. The molecule has 2 saturated carbocycles. The van der Waals surface area contributed by atoms with Crippen molar-refractivity contribution >= 4 is 35.5 Å². The van der Waals surface area contributed by atoms with Gasteiger partial charge in [0.1, 0.15) is 30.0 Å². The zero-order valence-corrected chi connectivity index (χ0v) is 31.0. The van der Waals surface area contributed by atoms with Crippen LogP contribution in [0.2, 0.25) is 0 Å². The van der Waals surface area contributed by atoms with Crippen LogP contribution in [-0.2, 0) is 35.3 Å². The fourth-order valence-corrected chi connectivity index (χ4v) is 7.56. The summed E-state index contributed by atoms with van der Waals surface area (Å²) in [5, 5.41) is 8.54. The normalized spacial score (nSPS) is 21.5. The van der Waals surface area contributed by atoms with Gasteiger partial charge in [-0.15, -0.1) is 0 Å². The summed E-state index contributed by atoms with van der Waals surface area (Å²) >= 11 is 0. The highest BCUT2D eigenvalue weighted by molar-refractivity contribution is 6.37. The second kappa shape index (κ2) is 16.9. The van der Waals surface area contributed by atoms with E-state index in [1.807, 2.05) is 34.6 Å². The van der Waals surface area contributed by atoms with Crippen molar-refractivity contribution in [1.29, 1.82) is 0 Å². The molecule has 282 valence electrons. The molecule has 1 aromatic carbocycles. The van der Waals surface area contributed by atoms with Gasteiger partial charge in [0, 0.05) is 6.54 Å². The molecule has 51 heavy (non-hydrogen) atoms. The van der Waals surface area contributed by atoms with Crippen LogP contribution in [0, 0.1) is 23.2 Å². The lowest BCUT2D eigenvalue weighted by atomic mass is 9.80. The number of rotatable bonds is 14. The summed E-state index contributed by atoms with van der Waals surface area (Å²) in [5.41, 5.74) is 4.08. The lowest BCUT2D eigenvalue weighted by Crippen LogP contribution is -2.64. The highest BCUT2D eigenvalue weighted by Gasteiger charge is 2.49. The summed E-state index contributed by atoms with van der Waals surface area (Å²) in [6.45, 7) is 9.71. The number of methoxy groups -OCH3 is 1. The number of nitrogens with one attached hydrogen (secondary N) is 3. The van der Waals surface area contributed by atoms with E-state index in [9.17, 15) is 28.8 Å². The highest BCUT2D eigenvalue weighted by atomic mass is 16.5. The van der Waals surface area contributed by atoms with Crippen LogP contribution < -0.4 is 26.4 Å². The third-order valence-electron chi connectivity index (χ3n) is 10.9. The van der Waals surface area contributed by atoms with Crippen molar-refractivity contribution in [1.82, 2.24) is 20.9 Å². The fraction of sp³-hybridized carbons (Fsp3) is 0.684. The van der Waals surface area contributed by atoms with Crippen molar-refractivity contribution in [2.75, 3.05) is 13.7 Å². The largest absolute Gasteiger partial charge is 0.497 e. The lowest BCUT2D eigenvalue weighted by Gasteiger charge is -2.39. The predicted octanol–water partition coefficient (Wildman–Crippen LogP) is 3.76. The average Bonchev–Trinajstić information content (AvgIpc) is 3.52. The van der Waals surface area contributed by atoms with Crippen LogP contribution in [-0.4, -0.2) is 77.7 Å². The van der Waals surface area contributed by atoms with Crippen LogP contribution in [0.25, 0.3) is 0 Å². The van der Waals surface area contributed by atoms with Gasteiger partial charge in [-0.3, -0.25) is 19.2 Å². The van der Waals surface area contributed by atoms with Gasteiger partial charge in [0.2, 0.25) is 17.6 Å². The van der Waals surface area contributed by atoms with Gasteiger partial charge in [0.15, 0.2) is 0 Å². The van der Waals surface area contributed by atoms with Crippen molar-refractivity contribution in [3.8, 4) is 5.75 Å². The molecule has 3 aliphatic rings. The second-order valence-corrected chi connectivity index (χ2v) is 16.0. The Balaban J connectivity index is 1.51. The molecule has 2 aliphatic carbocycles. The van der Waals surface area contributed by atoms with Crippen LogP contribution in [0.3, 0.4) is 0 Å². The van der Waals surface area contributed by atoms with E-state index in [1.165, 1.54) is 4.90 Å². The van der Waals surface area contributed by atoms with Crippen LogP contribution >= 0.6 is 0 Å². The van der Waals surface area contributed by atoms with Crippen LogP contribution in [0.15, 0.2) is 24.3 Å². The Morgan fingerprint density at radius 1 is 0.941 bits per heavy atom. The summed E-state index contributed by atoms with van der Waals surface area (Å²) < 4.78 is 10.9. The number of ketones is 1. The lowest BCUT2D eigenvalue weighted by molar-refractivity contribution is -0.154. The maximum absolute atomic E-state index is 14.4. The molecule has 0 radical (unpaired) electrons. The molecule has 3 fully saturated rings. The summed E-state index contributed by atoms with van der Waals surface area (Å²) in [6, 6.07) is 3.44. The van der Waals surface area contributed by atoms with Gasteiger partial charge < -0.3 is 36.1 Å². The smallest absolute Gasteiger partial charge is 0.332 e. The molecule has 0 aromatic heterocycles. The molecule has 5 amide bonds. The van der Waals surface area contributed by atoms with Gasteiger partial charge in [-0.25, -0.2) is 9.59 Å². The summed E-state index contributed by atoms with van der Waals surface area (Å²) in [6.07, 6.45) is 6.86. The first kappa shape index (κ1) is 39.6. The standard InChI is InChI=1S/C38H57N5O8/c1-23(2)27-17-20-43(29(27)33(46)40-28(30(44)32(39)45)21-24-11-10-12-24)34(47)31(37(3,4)5)41-36(49)42-38(18-8-7-9-19-38)35(48)51-22-25-13-15-26(50-6)16-14-25/h13-16,23-24,27-29,31H,7-12,17-22H2,1-6H3,(H2,39,45)(H,40,46)(H2,41,42,49)/t27-,28?,29+,31-/m1/s1. The Hall–Kier alpha value is -4.16. The van der Waals surface area contributed by atoms with Gasteiger partial charge in [0.05, 0.1) is 13.2 Å². The number of primary amides is 1. The summed E-state index contributed by atoms with van der Waals surface area (Å²) in [5.74, 6) is -2.76. The number of nitrogens with two attached hydrogens (primary N) is 1. The summed E-state index contributed by atoms with van der Waals surface area (Å²) in [7, 11) is 1.57. The molecule has 1 aromatic rings. The van der Waals surface area contributed by atoms with Gasteiger partial charge in [-0.2, -0.15) is 0 Å². The molecule has 1 saturated heterocycles. The maximum atomic E-state index is 14.4. The number of Topliss-reactive ketones (excluding diaryl/α,β-unsaturated/α-hetero) is 1. The number of likely N-dealkylation sites (tertiary alicyclic amines) is 1. The zero-order valence-electron chi connectivity index (χ0n) is 31.0. The molecule has 1 aliphatic heterocycles. The number of ether oxygens (including phenoxy) is 2. The monoisotopic (exact) mass is 711 g/mol. The number of hydrogen-bond donors (Lipinski definition) is 4. The fourth-order valence-electron chi connectivity index (χ4n) is 7.56. The predicted molar refractivity (Wildman–Crippen MR) is 190 cm³/mol. The number of esters is 1. The number of benzene rings is 1. The molecule has 1 heterocycles. The van der Waals surface area contributed by atoms with Crippen LogP contribution in [0.4, 0.5) is 4.79 Å². The molecule has 0 spiro atoms. The Labute approximate surface area is 301 Å². The van der Waals surface area contributed by atoms with Crippen LogP contribution in [0.5, 0.6) is 5.75 Å². The SMILES string of the molecule is COc1ccc(COC(=O)C2(NC(=O)N[C@H](C(=O)N3CC[C@H](C(C)C)[C@H]3C(=O)NC(CC3CCC3)C(=O)C(N)=O)C(C)(C)C)CCCCC2)cc1. The Morgan fingerprint density at radius 3 is 2.12 bits per heavy atom. The number of amides is 5. The van der Waals surface area contributed by atoms with Gasteiger partial charge >= 0.3 is 12.0 Å². The van der Waals surface area contributed by atoms with E-state index >= 15 is 0 Å². The van der Waals surface area contributed by atoms with Crippen molar-refractivity contribution in [2.45, 2.75) is 129 Å². The Bertz CT molecular complexity index is 1430. The number of carbonyl (C=O) groups excluding carboxylic acids is 6.